The minimum atomic E-state index is -3.23. The van der Waals surface area contributed by atoms with Crippen molar-refractivity contribution in [1.82, 2.24) is 0 Å². The van der Waals surface area contributed by atoms with E-state index in [0.717, 1.165) is 12.5 Å². The van der Waals surface area contributed by atoms with Crippen LogP contribution in [0.3, 0.4) is 0 Å². The van der Waals surface area contributed by atoms with E-state index in [4.69, 9.17) is 0 Å². The Labute approximate surface area is 135 Å². The van der Waals surface area contributed by atoms with Crippen LogP contribution in [0.5, 0.6) is 0 Å². The molecule has 2 rings (SSSR count). The maximum absolute atomic E-state index is 11.3. The molecular weight excluding hydrogens is 336 g/mol. The van der Waals surface area contributed by atoms with Gasteiger partial charge >= 0.3 is 0 Å². The van der Waals surface area contributed by atoms with Crippen molar-refractivity contribution in [3.05, 3.63) is 48.5 Å². The van der Waals surface area contributed by atoms with Gasteiger partial charge in [0.2, 0.25) is 0 Å². The number of rotatable bonds is 5. The van der Waals surface area contributed by atoms with Crippen molar-refractivity contribution in [2.75, 3.05) is 17.8 Å². The SMILES string of the molecule is CS(=O)(=O)c1ccc(N=[C-]Nc2ccc(S(C)(=O)=O)cc2)cc1. The summed E-state index contributed by atoms with van der Waals surface area (Å²) in [5, 5.41) is 2.79. The molecule has 0 unspecified atom stereocenters. The van der Waals surface area contributed by atoms with Gasteiger partial charge < -0.3 is 10.3 Å². The third kappa shape index (κ3) is 4.90. The second-order valence-corrected chi connectivity index (χ2v) is 8.94. The van der Waals surface area contributed by atoms with Gasteiger partial charge in [0.05, 0.1) is 9.79 Å². The Hall–Kier alpha value is -2.19. The van der Waals surface area contributed by atoms with Crippen LogP contribution in [0.1, 0.15) is 0 Å². The normalized spacial score (nSPS) is 12.4. The van der Waals surface area contributed by atoms with Crippen LogP contribution in [0, 0.1) is 0 Å². The first-order valence-electron chi connectivity index (χ1n) is 6.48. The number of anilines is 1. The fraction of sp³-hybridized carbons (Fsp3) is 0.133. The minimum absolute atomic E-state index is 0.223. The summed E-state index contributed by atoms with van der Waals surface area (Å²) in [5.74, 6) is 0. The van der Waals surface area contributed by atoms with Gasteiger partial charge in [-0.1, -0.05) is 54.2 Å². The summed E-state index contributed by atoms with van der Waals surface area (Å²) in [6.45, 7) is 0. The molecule has 122 valence electrons. The molecule has 2 aromatic rings. The molecule has 8 heteroatoms. The lowest BCUT2D eigenvalue weighted by Crippen LogP contribution is -1.98. The summed E-state index contributed by atoms with van der Waals surface area (Å²) < 4.78 is 45.4. The Bertz CT molecular complexity index is 914. The predicted molar refractivity (Wildman–Crippen MR) is 89.8 cm³/mol. The van der Waals surface area contributed by atoms with Gasteiger partial charge in [-0.2, -0.15) is 0 Å². The second kappa shape index (κ2) is 6.51. The van der Waals surface area contributed by atoms with E-state index < -0.39 is 19.7 Å². The van der Waals surface area contributed by atoms with E-state index in [1.165, 1.54) is 24.3 Å². The van der Waals surface area contributed by atoms with Gasteiger partial charge in [-0.15, -0.1) is 0 Å². The standard InChI is InChI=1S/C15H15N2O4S2/c1-22(18,19)14-7-3-12(4-8-14)16-11-17-13-5-9-15(10-6-13)23(2,20)21/h3-10H,1-2H3,(H,16,17)/q-1. The van der Waals surface area contributed by atoms with Gasteiger partial charge in [-0.05, 0) is 5.69 Å². The van der Waals surface area contributed by atoms with E-state index in [0.29, 0.717) is 11.4 Å². The quantitative estimate of drug-likeness (QED) is 0.386. The van der Waals surface area contributed by atoms with Crippen molar-refractivity contribution < 1.29 is 16.8 Å². The number of nitrogens with zero attached hydrogens (tertiary/aromatic N) is 1. The lowest BCUT2D eigenvalue weighted by Gasteiger charge is -2.09. The molecular formula is C15H15N2O4S2-. The average Bonchev–Trinajstić information content (AvgIpc) is 2.46. The maximum atomic E-state index is 11.3. The number of sulfone groups is 2. The van der Waals surface area contributed by atoms with Gasteiger partial charge in [0.15, 0.2) is 19.7 Å². The largest absolute Gasteiger partial charge is 0.452 e. The summed E-state index contributed by atoms with van der Waals surface area (Å²) in [7, 11) is -6.45. The van der Waals surface area contributed by atoms with Crippen molar-refractivity contribution >= 4 is 37.4 Å². The zero-order valence-electron chi connectivity index (χ0n) is 12.5. The number of aliphatic imine (C=N–C) groups is 1. The number of hydrogen-bond donors (Lipinski definition) is 1. The van der Waals surface area contributed by atoms with E-state index in [1.54, 1.807) is 24.3 Å². The van der Waals surface area contributed by atoms with E-state index >= 15 is 0 Å². The van der Waals surface area contributed by atoms with Crippen molar-refractivity contribution in [3.63, 3.8) is 0 Å². The zero-order chi connectivity index (χ0) is 17.1. The molecule has 0 aliphatic rings. The third-order valence-electron chi connectivity index (χ3n) is 2.93. The number of benzene rings is 2. The smallest absolute Gasteiger partial charge is 0.175 e. The molecule has 0 spiro atoms. The molecule has 0 radical (unpaired) electrons. The lowest BCUT2D eigenvalue weighted by molar-refractivity contribution is 0.600. The average molecular weight is 351 g/mol. The number of nitrogens with one attached hydrogen (secondary N) is 1. The van der Waals surface area contributed by atoms with Gasteiger partial charge in [-0.25, -0.2) is 16.8 Å². The van der Waals surface area contributed by atoms with Gasteiger partial charge in [0.1, 0.15) is 0 Å². The highest BCUT2D eigenvalue weighted by atomic mass is 32.2. The fourth-order valence-corrected chi connectivity index (χ4v) is 2.97. The first-order valence-corrected chi connectivity index (χ1v) is 10.3. The Morgan fingerprint density at radius 3 is 1.65 bits per heavy atom. The molecule has 0 aliphatic heterocycles. The summed E-state index contributed by atoms with van der Waals surface area (Å²) in [6.07, 6.45) is 4.89. The molecule has 0 saturated carbocycles. The van der Waals surface area contributed by atoms with Crippen molar-refractivity contribution in [2.45, 2.75) is 9.79 Å². The van der Waals surface area contributed by atoms with E-state index in [9.17, 15) is 16.8 Å². The highest BCUT2D eigenvalue weighted by Gasteiger charge is 2.04. The summed E-state index contributed by atoms with van der Waals surface area (Å²) in [5.41, 5.74) is 1.17. The molecule has 0 bridgehead atoms. The van der Waals surface area contributed by atoms with Crippen LogP contribution in [0.15, 0.2) is 63.3 Å². The molecule has 1 N–H and O–H groups in total. The summed E-state index contributed by atoms with van der Waals surface area (Å²) in [4.78, 5) is 4.48. The molecule has 0 heterocycles. The summed E-state index contributed by atoms with van der Waals surface area (Å²) in [6, 6.07) is 12.3. The highest BCUT2D eigenvalue weighted by molar-refractivity contribution is 7.91. The van der Waals surface area contributed by atoms with Gasteiger partial charge in [0, 0.05) is 18.9 Å². The third-order valence-corrected chi connectivity index (χ3v) is 5.19. The predicted octanol–water partition coefficient (Wildman–Crippen LogP) is 2.14. The van der Waals surface area contributed by atoms with Crippen molar-refractivity contribution in [1.29, 1.82) is 0 Å². The number of hydrogen-bond acceptors (Lipinski definition) is 5. The van der Waals surface area contributed by atoms with Gasteiger partial charge in [-0.3, -0.25) is 0 Å². The molecule has 23 heavy (non-hydrogen) atoms. The van der Waals surface area contributed by atoms with E-state index in [-0.39, 0.29) is 9.79 Å². The fourth-order valence-electron chi connectivity index (χ4n) is 1.71. The molecule has 0 amide bonds. The molecule has 6 nitrogen and oxygen atoms in total. The highest BCUT2D eigenvalue weighted by Crippen LogP contribution is 2.17. The molecule has 0 aliphatic carbocycles. The van der Waals surface area contributed by atoms with Crippen LogP contribution in [-0.2, 0) is 19.7 Å². The molecule has 0 aromatic heterocycles. The molecule has 0 fully saturated rings. The zero-order valence-corrected chi connectivity index (χ0v) is 14.1. The van der Waals surface area contributed by atoms with Crippen LogP contribution in [0.4, 0.5) is 11.4 Å². The second-order valence-electron chi connectivity index (χ2n) is 4.91. The monoisotopic (exact) mass is 351 g/mol. The van der Waals surface area contributed by atoms with E-state index in [1.807, 2.05) is 0 Å². The maximum Gasteiger partial charge on any atom is 0.175 e. The van der Waals surface area contributed by atoms with E-state index in [2.05, 4.69) is 16.6 Å². The Balaban J connectivity index is 2.04. The Kier molecular flexibility index (Phi) is 4.86. The van der Waals surface area contributed by atoms with Crippen molar-refractivity contribution in [2.24, 2.45) is 4.99 Å². The van der Waals surface area contributed by atoms with Crippen LogP contribution in [0.25, 0.3) is 0 Å². The van der Waals surface area contributed by atoms with Crippen LogP contribution < -0.4 is 5.32 Å². The summed E-state index contributed by atoms with van der Waals surface area (Å²) >= 11 is 0. The molecule has 0 atom stereocenters. The van der Waals surface area contributed by atoms with Crippen LogP contribution in [0.2, 0.25) is 0 Å². The lowest BCUT2D eigenvalue weighted by atomic mass is 10.3. The first kappa shape index (κ1) is 17.2. The Morgan fingerprint density at radius 1 is 0.783 bits per heavy atom. The van der Waals surface area contributed by atoms with Crippen molar-refractivity contribution in [3.8, 4) is 0 Å². The topological polar surface area (TPSA) is 92.7 Å². The molecule has 2 aromatic carbocycles. The van der Waals surface area contributed by atoms with Crippen LogP contribution in [-0.4, -0.2) is 35.7 Å². The first-order chi connectivity index (χ1) is 10.7. The Morgan fingerprint density at radius 2 is 1.22 bits per heavy atom. The van der Waals surface area contributed by atoms with Crippen LogP contribution >= 0.6 is 0 Å². The van der Waals surface area contributed by atoms with Gasteiger partial charge in [0.25, 0.3) is 0 Å². The minimum Gasteiger partial charge on any atom is -0.452 e. The molecule has 0 saturated heterocycles.